The monoisotopic (exact) mass is 261 g/mol. The zero-order chi connectivity index (χ0) is 13.7. The van der Waals surface area contributed by atoms with Crippen LogP contribution in [0.15, 0.2) is 28.7 Å². The van der Waals surface area contributed by atoms with E-state index in [1.165, 1.54) is 0 Å². The Kier molecular flexibility index (Phi) is 4.52. The molecule has 19 heavy (non-hydrogen) atoms. The standard InChI is InChI=1S/C14H19N3O2/c1-3-12(15)8-11-6-4-5-7-13(11)18-9-14-17-16-10(2)19-14/h4-7,12H,3,8-9,15H2,1-2H3. The predicted molar refractivity (Wildman–Crippen MR) is 71.8 cm³/mol. The zero-order valence-corrected chi connectivity index (χ0v) is 11.3. The maximum Gasteiger partial charge on any atom is 0.253 e. The van der Waals surface area contributed by atoms with Crippen molar-refractivity contribution in [3.05, 3.63) is 41.6 Å². The Morgan fingerprint density at radius 2 is 2.11 bits per heavy atom. The number of aromatic nitrogens is 2. The lowest BCUT2D eigenvalue weighted by Crippen LogP contribution is -2.21. The van der Waals surface area contributed by atoms with E-state index in [1.807, 2.05) is 24.3 Å². The van der Waals surface area contributed by atoms with Gasteiger partial charge in [-0.15, -0.1) is 10.2 Å². The van der Waals surface area contributed by atoms with Crippen molar-refractivity contribution < 1.29 is 9.15 Å². The molecule has 0 amide bonds. The average Bonchev–Trinajstić information content (AvgIpc) is 2.83. The Balaban J connectivity index is 2.03. The van der Waals surface area contributed by atoms with Gasteiger partial charge in [0.05, 0.1) is 0 Å². The Hall–Kier alpha value is -1.88. The third-order valence-electron chi connectivity index (χ3n) is 2.90. The molecule has 5 heteroatoms. The van der Waals surface area contributed by atoms with Crippen LogP contribution in [0, 0.1) is 6.92 Å². The molecule has 1 atom stereocenters. The van der Waals surface area contributed by atoms with E-state index in [4.69, 9.17) is 14.9 Å². The molecule has 0 radical (unpaired) electrons. The molecule has 1 heterocycles. The molecule has 1 unspecified atom stereocenters. The third-order valence-corrected chi connectivity index (χ3v) is 2.90. The fourth-order valence-corrected chi connectivity index (χ4v) is 1.78. The van der Waals surface area contributed by atoms with Gasteiger partial charge in [0.25, 0.3) is 5.89 Å². The first kappa shape index (κ1) is 13.5. The van der Waals surface area contributed by atoms with Gasteiger partial charge in [-0.25, -0.2) is 0 Å². The molecule has 102 valence electrons. The van der Waals surface area contributed by atoms with Crippen LogP contribution in [0.4, 0.5) is 0 Å². The van der Waals surface area contributed by atoms with Gasteiger partial charge in [0.15, 0.2) is 6.61 Å². The highest BCUT2D eigenvalue weighted by Gasteiger charge is 2.09. The van der Waals surface area contributed by atoms with Gasteiger partial charge in [0.2, 0.25) is 5.89 Å². The minimum absolute atomic E-state index is 0.149. The molecule has 5 nitrogen and oxygen atoms in total. The Bertz CT molecular complexity index is 525. The Morgan fingerprint density at radius 1 is 1.32 bits per heavy atom. The number of ether oxygens (including phenoxy) is 1. The molecular weight excluding hydrogens is 242 g/mol. The molecule has 0 fully saturated rings. The van der Waals surface area contributed by atoms with Crippen LogP contribution in [0.5, 0.6) is 5.75 Å². The molecule has 2 rings (SSSR count). The number of benzene rings is 1. The van der Waals surface area contributed by atoms with Crippen molar-refractivity contribution in [2.75, 3.05) is 0 Å². The van der Waals surface area contributed by atoms with Crippen LogP contribution in [-0.4, -0.2) is 16.2 Å². The minimum Gasteiger partial charge on any atom is -0.484 e. The van der Waals surface area contributed by atoms with Crippen LogP contribution in [-0.2, 0) is 13.0 Å². The summed E-state index contributed by atoms with van der Waals surface area (Å²) < 4.78 is 11.0. The van der Waals surface area contributed by atoms with Gasteiger partial charge in [-0.05, 0) is 24.5 Å². The topological polar surface area (TPSA) is 74.2 Å². The van der Waals surface area contributed by atoms with Crippen molar-refractivity contribution in [3.63, 3.8) is 0 Å². The molecule has 0 saturated carbocycles. The predicted octanol–water partition coefficient (Wildman–Crippen LogP) is 2.24. The van der Waals surface area contributed by atoms with E-state index in [0.29, 0.717) is 11.8 Å². The van der Waals surface area contributed by atoms with E-state index in [1.54, 1.807) is 6.92 Å². The number of rotatable bonds is 6. The fraction of sp³-hybridized carbons (Fsp3) is 0.429. The molecule has 0 aliphatic heterocycles. The second-order valence-electron chi connectivity index (χ2n) is 4.48. The number of nitrogens with two attached hydrogens (primary N) is 1. The second kappa shape index (κ2) is 6.33. The average molecular weight is 261 g/mol. The van der Waals surface area contributed by atoms with Crippen molar-refractivity contribution in [2.24, 2.45) is 5.73 Å². The van der Waals surface area contributed by atoms with Gasteiger partial charge in [-0.1, -0.05) is 25.1 Å². The molecule has 2 aromatic rings. The molecule has 0 aliphatic carbocycles. The van der Waals surface area contributed by atoms with Crippen LogP contribution in [0.3, 0.4) is 0 Å². The van der Waals surface area contributed by atoms with Crippen LogP contribution >= 0.6 is 0 Å². The Morgan fingerprint density at radius 3 is 2.79 bits per heavy atom. The van der Waals surface area contributed by atoms with Crippen LogP contribution in [0.25, 0.3) is 0 Å². The number of para-hydroxylation sites is 1. The van der Waals surface area contributed by atoms with Gasteiger partial charge in [-0.2, -0.15) is 0 Å². The first-order valence-corrected chi connectivity index (χ1v) is 6.44. The summed E-state index contributed by atoms with van der Waals surface area (Å²) in [4.78, 5) is 0. The second-order valence-corrected chi connectivity index (χ2v) is 4.48. The molecule has 0 spiro atoms. The summed E-state index contributed by atoms with van der Waals surface area (Å²) in [6, 6.07) is 8.04. The van der Waals surface area contributed by atoms with Crippen molar-refractivity contribution in [2.45, 2.75) is 39.3 Å². The van der Waals surface area contributed by atoms with Crippen molar-refractivity contribution in [3.8, 4) is 5.75 Å². The van der Waals surface area contributed by atoms with Gasteiger partial charge in [0.1, 0.15) is 5.75 Å². The maximum atomic E-state index is 5.99. The number of aryl methyl sites for hydroxylation is 1. The summed E-state index contributed by atoms with van der Waals surface area (Å²) in [5.41, 5.74) is 7.09. The normalized spacial score (nSPS) is 12.4. The smallest absolute Gasteiger partial charge is 0.253 e. The Labute approximate surface area is 112 Å². The van der Waals surface area contributed by atoms with E-state index in [0.717, 1.165) is 24.2 Å². The number of hydrogen-bond donors (Lipinski definition) is 1. The quantitative estimate of drug-likeness (QED) is 0.863. The lowest BCUT2D eigenvalue weighted by atomic mass is 10.0. The summed E-state index contributed by atoms with van der Waals surface area (Å²) in [7, 11) is 0. The van der Waals surface area contributed by atoms with Gasteiger partial charge in [-0.3, -0.25) is 0 Å². The van der Waals surface area contributed by atoms with E-state index in [-0.39, 0.29) is 12.6 Å². The van der Waals surface area contributed by atoms with Crippen LogP contribution < -0.4 is 10.5 Å². The molecule has 2 N–H and O–H groups in total. The van der Waals surface area contributed by atoms with E-state index in [2.05, 4.69) is 17.1 Å². The molecule has 0 bridgehead atoms. The highest BCUT2D eigenvalue weighted by molar-refractivity contribution is 5.33. The first-order chi connectivity index (χ1) is 9.19. The summed E-state index contributed by atoms with van der Waals surface area (Å²) >= 11 is 0. The van der Waals surface area contributed by atoms with Crippen molar-refractivity contribution in [1.82, 2.24) is 10.2 Å². The zero-order valence-electron chi connectivity index (χ0n) is 11.3. The molecular formula is C14H19N3O2. The third kappa shape index (κ3) is 3.79. The van der Waals surface area contributed by atoms with Crippen LogP contribution in [0.2, 0.25) is 0 Å². The molecule has 0 saturated heterocycles. The molecule has 1 aromatic heterocycles. The van der Waals surface area contributed by atoms with Gasteiger partial charge >= 0.3 is 0 Å². The number of hydrogen-bond acceptors (Lipinski definition) is 5. The number of nitrogens with zero attached hydrogens (tertiary/aromatic N) is 2. The van der Waals surface area contributed by atoms with Gasteiger partial charge in [0, 0.05) is 13.0 Å². The van der Waals surface area contributed by atoms with Crippen LogP contribution in [0.1, 0.15) is 30.7 Å². The van der Waals surface area contributed by atoms with E-state index >= 15 is 0 Å². The minimum atomic E-state index is 0.149. The highest BCUT2D eigenvalue weighted by atomic mass is 16.5. The lowest BCUT2D eigenvalue weighted by Gasteiger charge is -2.13. The van der Waals surface area contributed by atoms with E-state index < -0.39 is 0 Å². The van der Waals surface area contributed by atoms with E-state index in [9.17, 15) is 0 Å². The fourth-order valence-electron chi connectivity index (χ4n) is 1.78. The lowest BCUT2D eigenvalue weighted by molar-refractivity contribution is 0.257. The highest BCUT2D eigenvalue weighted by Crippen LogP contribution is 2.21. The summed E-state index contributed by atoms with van der Waals surface area (Å²) in [6.07, 6.45) is 1.74. The maximum absolute atomic E-state index is 5.99. The SMILES string of the molecule is CCC(N)Cc1ccccc1OCc1nnc(C)o1. The largest absolute Gasteiger partial charge is 0.484 e. The first-order valence-electron chi connectivity index (χ1n) is 6.44. The van der Waals surface area contributed by atoms with Crippen molar-refractivity contribution in [1.29, 1.82) is 0 Å². The summed E-state index contributed by atoms with van der Waals surface area (Å²) in [5, 5.41) is 7.67. The summed E-state index contributed by atoms with van der Waals surface area (Å²) in [5.74, 6) is 1.84. The summed E-state index contributed by atoms with van der Waals surface area (Å²) in [6.45, 7) is 4.11. The molecule has 1 aromatic carbocycles. The molecule has 0 aliphatic rings. The van der Waals surface area contributed by atoms with Crippen molar-refractivity contribution >= 4 is 0 Å². The van der Waals surface area contributed by atoms with Gasteiger partial charge < -0.3 is 14.9 Å².